The maximum Gasteiger partial charge on any atom is 0.371 e. The van der Waals surface area contributed by atoms with Crippen LogP contribution in [0, 0.1) is 0 Å². The van der Waals surface area contributed by atoms with Crippen LogP contribution in [-0.2, 0) is 38.2 Å². The van der Waals surface area contributed by atoms with E-state index < -0.39 is 37.2 Å². The van der Waals surface area contributed by atoms with E-state index in [1.807, 2.05) is 0 Å². The highest BCUT2D eigenvalue weighted by Crippen LogP contribution is 1.99. The van der Waals surface area contributed by atoms with Gasteiger partial charge in [0.05, 0.1) is 0 Å². The Hall–Kier alpha value is -2.51. The number of esters is 3. The van der Waals surface area contributed by atoms with Crippen molar-refractivity contribution in [2.24, 2.45) is 0 Å². The maximum atomic E-state index is 11.1. The van der Waals surface area contributed by atoms with Crippen molar-refractivity contribution >= 4 is 30.5 Å². The van der Waals surface area contributed by atoms with Crippen LogP contribution >= 0.6 is 0 Å². The number of ether oxygens (including phenoxy) is 3. The van der Waals surface area contributed by atoms with Gasteiger partial charge < -0.3 is 14.2 Å². The third-order valence-electron chi connectivity index (χ3n) is 1.64. The van der Waals surface area contributed by atoms with E-state index in [1.54, 1.807) is 0 Å². The first-order valence-electron chi connectivity index (χ1n) is 5.01. The minimum Gasteiger partial charge on any atom is -0.458 e. The summed E-state index contributed by atoms with van der Waals surface area (Å²) in [6, 6.07) is 0. The summed E-state index contributed by atoms with van der Waals surface area (Å²) in [5.41, 5.74) is 0.116. The lowest BCUT2D eigenvalue weighted by Crippen LogP contribution is -2.31. The SMILES string of the molecule is C=C(C)C(=O)OCC(COC(=O)C=O)OC(=O)C=O. The Labute approximate surface area is 108 Å². The lowest BCUT2D eigenvalue weighted by Gasteiger charge is -2.15. The fourth-order valence-corrected chi connectivity index (χ4v) is 0.809. The van der Waals surface area contributed by atoms with Crippen molar-refractivity contribution in [1.82, 2.24) is 0 Å². The molecule has 0 saturated heterocycles. The van der Waals surface area contributed by atoms with Crippen LogP contribution in [0.5, 0.6) is 0 Å². The number of carbonyl (C=O) groups excluding carboxylic acids is 5. The zero-order valence-electron chi connectivity index (χ0n) is 10.1. The topological polar surface area (TPSA) is 113 Å². The molecular weight excluding hydrogens is 260 g/mol. The van der Waals surface area contributed by atoms with Crippen molar-refractivity contribution in [2.75, 3.05) is 13.2 Å². The van der Waals surface area contributed by atoms with E-state index in [0.29, 0.717) is 0 Å². The summed E-state index contributed by atoms with van der Waals surface area (Å²) in [7, 11) is 0. The van der Waals surface area contributed by atoms with Gasteiger partial charge in [0.25, 0.3) is 0 Å². The Bertz CT molecular complexity index is 397. The minimum absolute atomic E-state index is 0.0848. The summed E-state index contributed by atoms with van der Waals surface area (Å²) >= 11 is 0. The Balaban J connectivity index is 4.40. The van der Waals surface area contributed by atoms with Crippen LogP contribution in [0.2, 0.25) is 0 Å². The zero-order valence-corrected chi connectivity index (χ0v) is 10.1. The van der Waals surface area contributed by atoms with E-state index in [1.165, 1.54) is 6.92 Å². The van der Waals surface area contributed by atoms with Crippen LogP contribution in [0.25, 0.3) is 0 Å². The van der Waals surface area contributed by atoms with E-state index in [2.05, 4.69) is 20.8 Å². The number of hydrogen-bond acceptors (Lipinski definition) is 8. The molecule has 0 heterocycles. The van der Waals surface area contributed by atoms with Gasteiger partial charge in [-0.3, -0.25) is 9.59 Å². The zero-order chi connectivity index (χ0) is 14.8. The van der Waals surface area contributed by atoms with Gasteiger partial charge in [0.2, 0.25) is 12.6 Å². The lowest BCUT2D eigenvalue weighted by molar-refractivity contribution is -0.166. The van der Waals surface area contributed by atoms with Crippen LogP contribution in [0.15, 0.2) is 12.2 Å². The monoisotopic (exact) mass is 272 g/mol. The number of aldehydes is 2. The average molecular weight is 272 g/mol. The van der Waals surface area contributed by atoms with E-state index in [9.17, 15) is 24.0 Å². The van der Waals surface area contributed by atoms with Crippen LogP contribution in [0.3, 0.4) is 0 Å². The normalized spacial score (nSPS) is 10.8. The molecule has 0 aliphatic heterocycles. The molecule has 0 aromatic rings. The van der Waals surface area contributed by atoms with Crippen LogP contribution < -0.4 is 0 Å². The summed E-state index contributed by atoms with van der Waals surface area (Å²) in [5, 5.41) is 0. The van der Waals surface area contributed by atoms with Crippen molar-refractivity contribution in [3.8, 4) is 0 Å². The molecule has 0 aromatic heterocycles. The second-order valence-electron chi connectivity index (χ2n) is 3.30. The van der Waals surface area contributed by atoms with Gasteiger partial charge in [0.15, 0.2) is 6.10 Å². The van der Waals surface area contributed by atoms with Crippen molar-refractivity contribution in [2.45, 2.75) is 13.0 Å². The fourth-order valence-electron chi connectivity index (χ4n) is 0.809. The highest BCUT2D eigenvalue weighted by Gasteiger charge is 2.19. The summed E-state index contributed by atoms with van der Waals surface area (Å²) in [5.74, 6) is -3.15. The molecule has 0 amide bonds. The summed E-state index contributed by atoms with van der Waals surface area (Å²) < 4.78 is 13.6. The molecule has 8 heteroatoms. The van der Waals surface area contributed by atoms with Gasteiger partial charge in [-0.15, -0.1) is 0 Å². The predicted molar refractivity (Wildman–Crippen MR) is 58.7 cm³/mol. The summed E-state index contributed by atoms with van der Waals surface area (Å²) in [6.07, 6.45) is -1.38. The number of hydrogen-bond donors (Lipinski definition) is 0. The smallest absolute Gasteiger partial charge is 0.371 e. The third kappa shape index (κ3) is 7.42. The van der Waals surface area contributed by atoms with Crippen LogP contribution in [0.4, 0.5) is 0 Å². The molecule has 0 aliphatic rings. The van der Waals surface area contributed by atoms with Crippen molar-refractivity contribution in [3.63, 3.8) is 0 Å². The van der Waals surface area contributed by atoms with E-state index >= 15 is 0 Å². The van der Waals surface area contributed by atoms with Crippen LogP contribution in [-0.4, -0.2) is 49.8 Å². The van der Waals surface area contributed by atoms with Crippen molar-refractivity contribution < 1.29 is 38.2 Å². The molecule has 1 atom stereocenters. The highest BCUT2D eigenvalue weighted by molar-refractivity contribution is 6.20. The largest absolute Gasteiger partial charge is 0.458 e. The lowest BCUT2D eigenvalue weighted by atomic mass is 10.3. The second-order valence-corrected chi connectivity index (χ2v) is 3.30. The first-order valence-corrected chi connectivity index (χ1v) is 5.01. The molecule has 19 heavy (non-hydrogen) atoms. The molecule has 0 fully saturated rings. The molecule has 0 radical (unpaired) electrons. The average Bonchev–Trinajstić information content (AvgIpc) is 2.40. The molecule has 104 valence electrons. The Morgan fingerprint density at radius 2 is 1.58 bits per heavy atom. The summed E-state index contributed by atoms with van der Waals surface area (Å²) in [4.78, 5) is 52.6. The van der Waals surface area contributed by atoms with Gasteiger partial charge in [-0.05, 0) is 6.92 Å². The number of carbonyl (C=O) groups is 5. The van der Waals surface area contributed by atoms with Gasteiger partial charge in [-0.1, -0.05) is 6.58 Å². The number of rotatable bonds is 8. The molecule has 0 aliphatic carbocycles. The van der Waals surface area contributed by atoms with Gasteiger partial charge in [-0.2, -0.15) is 0 Å². The minimum atomic E-state index is -1.22. The summed E-state index contributed by atoms with van der Waals surface area (Å²) in [6.45, 7) is 3.76. The van der Waals surface area contributed by atoms with Crippen molar-refractivity contribution in [3.05, 3.63) is 12.2 Å². The first kappa shape index (κ1) is 16.5. The van der Waals surface area contributed by atoms with Gasteiger partial charge >= 0.3 is 17.9 Å². The fraction of sp³-hybridized carbons (Fsp3) is 0.364. The Morgan fingerprint density at radius 1 is 1.05 bits per heavy atom. The molecule has 1 unspecified atom stereocenters. The third-order valence-corrected chi connectivity index (χ3v) is 1.64. The Kier molecular flexibility index (Phi) is 7.43. The van der Waals surface area contributed by atoms with E-state index in [-0.39, 0.29) is 18.1 Å². The Morgan fingerprint density at radius 3 is 2.05 bits per heavy atom. The van der Waals surface area contributed by atoms with E-state index in [4.69, 9.17) is 0 Å². The molecule has 0 spiro atoms. The van der Waals surface area contributed by atoms with Gasteiger partial charge in [0.1, 0.15) is 13.2 Å². The molecule has 0 saturated carbocycles. The van der Waals surface area contributed by atoms with E-state index in [0.717, 1.165) is 0 Å². The first-order chi connectivity index (χ1) is 8.90. The quantitative estimate of drug-likeness (QED) is 0.181. The van der Waals surface area contributed by atoms with Crippen molar-refractivity contribution in [1.29, 1.82) is 0 Å². The van der Waals surface area contributed by atoms with Crippen LogP contribution in [0.1, 0.15) is 6.92 Å². The van der Waals surface area contributed by atoms with Gasteiger partial charge in [-0.25, -0.2) is 14.4 Å². The van der Waals surface area contributed by atoms with Gasteiger partial charge in [0, 0.05) is 5.57 Å². The molecular formula is C11H12O8. The molecule has 8 nitrogen and oxygen atoms in total. The maximum absolute atomic E-state index is 11.1. The highest BCUT2D eigenvalue weighted by atomic mass is 16.6. The second kappa shape index (κ2) is 8.56. The predicted octanol–water partition coefficient (Wildman–Crippen LogP) is -1.04. The molecule has 0 rings (SSSR count). The molecule has 0 bridgehead atoms. The molecule has 0 N–H and O–H groups in total. The standard InChI is InChI=1S/C11H12O8/c1-7(2)11(16)18-6-8(19-10(15)4-13)5-17-9(14)3-12/h3-4,8H,1,5-6H2,2H3. The molecule has 0 aromatic carbocycles.